The summed E-state index contributed by atoms with van der Waals surface area (Å²) in [4.78, 5) is 4.37. The van der Waals surface area contributed by atoms with Gasteiger partial charge in [0.25, 0.3) is 0 Å². The minimum atomic E-state index is -0.349. The summed E-state index contributed by atoms with van der Waals surface area (Å²) in [6, 6.07) is 9.06. The Morgan fingerprint density at radius 1 is 1.15 bits per heavy atom. The molecule has 20 heavy (non-hydrogen) atoms. The molecule has 0 aliphatic rings. The van der Waals surface area contributed by atoms with Gasteiger partial charge in [0, 0.05) is 11.8 Å². The van der Waals surface area contributed by atoms with Gasteiger partial charge in [-0.1, -0.05) is 0 Å². The third kappa shape index (κ3) is 2.06. The number of benzene rings is 2. The number of aromatic nitrogens is 2. The average molecular weight is 293 g/mol. The summed E-state index contributed by atoms with van der Waals surface area (Å²) < 4.78 is 28.6. The molecule has 3 aromatic rings. The van der Waals surface area contributed by atoms with E-state index in [0.717, 1.165) is 0 Å². The molecule has 0 aliphatic carbocycles. The van der Waals surface area contributed by atoms with Crippen molar-refractivity contribution < 1.29 is 8.78 Å². The van der Waals surface area contributed by atoms with Gasteiger partial charge in [0.05, 0.1) is 16.9 Å². The molecule has 0 N–H and O–H groups in total. The molecule has 0 aliphatic heterocycles. The summed E-state index contributed by atoms with van der Waals surface area (Å²) in [5.41, 5.74) is 2.50. The number of alkyl halides is 1. The van der Waals surface area contributed by atoms with E-state index < -0.39 is 0 Å². The first-order valence-corrected chi connectivity index (χ1v) is 6.63. The quantitative estimate of drug-likeness (QED) is 0.642. The number of nitrogens with zero attached hydrogens (tertiary/aromatic N) is 2. The molecule has 2 aromatic carbocycles. The van der Waals surface area contributed by atoms with Gasteiger partial charge in [-0.25, -0.2) is 13.8 Å². The molecule has 1 aromatic heterocycles. The van der Waals surface area contributed by atoms with Crippen LogP contribution >= 0.6 is 11.6 Å². The van der Waals surface area contributed by atoms with Gasteiger partial charge in [-0.2, -0.15) is 0 Å². The van der Waals surface area contributed by atoms with Gasteiger partial charge >= 0.3 is 0 Å². The van der Waals surface area contributed by atoms with Crippen LogP contribution in [0.25, 0.3) is 16.7 Å². The first-order valence-electron chi connectivity index (χ1n) is 6.09. The third-order valence-electron chi connectivity index (χ3n) is 3.21. The second kappa shape index (κ2) is 4.87. The Balaban J connectivity index is 2.32. The van der Waals surface area contributed by atoms with Crippen molar-refractivity contribution >= 4 is 22.6 Å². The largest absolute Gasteiger partial charge is 0.295 e. The van der Waals surface area contributed by atoms with Crippen LogP contribution in [0.5, 0.6) is 0 Å². The highest BCUT2D eigenvalue weighted by Crippen LogP contribution is 2.24. The van der Waals surface area contributed by atoms with Crippen molar-refractivity contribution in [2.75, 3.05) is 0 Å². The lowest BCUT2D eigenvalue weighted by molar-refractivity contribution is 0.618. The maximum Gasteiger partial charge on any atom is 0.129 e. The van der Waals surface area contributed by atoms with E-state index in [1.54, 1.807) is 29.7 Å². The molecule has 2 nitrogen and oxygen atoms in total. The third-order valence-corrected chi connectivity index (χ3v) is 3.44. The highest BCUT2D eigenvalue weighted by Gasteiger charge is 2.13. The van der Waals surface area contributed by atoms with E-state index in [4.69, 9.17) is 11.6 Å². The van der Waals surface area contributed by atoms with E-state index in [-0.39, 0.29) is 17.5 Å². The molecule has 5 heteroatoms. The van der Waals surface area contributed by atoms with Gasteiger partial charge in [-0.15, -0.1) is 11.6 Å². The molecular formula is C15H11ClF2N2. The molecule has 0 fully saturated rings. The van der Waals surface area contributed by atoms with Gasteiger partial charge in [-0.05, 0) is 42.8 Å². The monoisotopic (exact) mass is 292 g/mol. The van der Waals surface area contributed by atoms with E-state index in [1.165, 1.54) is 18.2 Å². The molecule has 0 saturated heterocycles. The van der Waals surface area contributed by atoms with Crippen LogP contribution in [0.2, 0.25) is 0 Å². The SMILES string of the molecule is Cc1cc(-n2c(CCl)nc3ccc(F)cc32)ccc1F. The Morgan fingerprint density at radius 3 is 2.65 bits per heavy atom. The maximum atomic E-state index is 13.5. The minimum absolute atomic E-state index is 0.187. The second-order valence-electron chi connectivity index (χ2n) is 4.56. The maximum absolute atomic E-state index is 13.5. The number of halogens is 3. The lowest BCUT2D eigenvalue weighted by Crippen LogP contribution is -2.00. The van der Waals surface area contributed by atoms with Crippen LogP contribution in [0.4, 0.5) is 8.78 Å². The molecular weight excluding hydrogens is 282 g/mol. The topological polar surface area (TPSA) is 17.8 Å². The van der Waals surface area contributed by atoms with Crippen LogP contribution in [0.3, 0.4) is 0 Å². The summed E-state index contributed by atoms with van der Waals surface area (Å²) in [6.07, 6.45) is 0. The summed E-state index contributed by atoms with van der Waals surface area (Å²) in [7, 11) is 0. The lowest BCUT2D eigenvalue weighted by Gasteiger charge is -2.09. The molecule has 0 amide bonds. The number of rotatable bonds is 2. The van der Waals surface area contributed by atoms with Crippen LogP contribution in [-0.2, 0) is 5.88 Å². The molecule has 0 radical (unpaired) electrons. The molecule has 0 unspecified atom stereocenters. The van der Waals surface area contributed by atoms with Crippen LogP contribution in [0.15, 0.2) is 36.4 Å². The normalized spacial score (nSPS) is 11.2. The van der Waals surface area contributed by atoms with Gasteiger partial charge in [0.15, 0.2) is 0 Å². The Hall–Kier alpha value is -1.94. The van der Waals surface area contributed by atoms with Crippen molar-refractivity contribution in [3.63, 3.8) is 0 Å². The fourth-order valence-electron chi connectivity index (χ4n) is 2.24. The number of hydrogen-bond donors (Lipinski definition) is 0. The molecule has 1 heterocycles. The van der Waals surface area contributed by atoms with Gasteiger partial charge < -0.3 is 0 Å². The first-order chi connectivity index (χ1) is 9.60. The Morgan fingerprint density at radius 2 is 1.95 bits per heavy atom. The molecule has 0 saturated carbocycles. The standard InChI is InChI=1S/C15H11ClF2N2/c1-9-6-11(3-4-12(9)18)20-14-7-10(17)2-5-13(14)19-15(20)8-16/h2-7H,8H2,1H3. The van der Waals surface area contributed by atoms with Crippen molar-refractivity contribution in [2.45, 2.75) is 12.8 Å². The highest BCUT2D eigenvalue weighted by molar-refractivity contribution is 6.17. The number of aryl methyl sites for hydroxylation is 1. The Bertz CT molecular complexity index is 796. The van der Waals surface area contributed by atoms with Gasteiger partial charge in [-0.3, -0.25) is 4.57 Å². The van der Waals surface area contributed by atoms with Crippen molar-refractivity contribution in [1.29, 1.82) is 0 Å². The predicted octanol–water partition coefficient (Wildman–Crippen LogP) is 4.35. The van der Waals surface area contributed by atoms with Gasteiger partial charge in [0.2, 0.25) is 0 Å². The fraction of sp³-hybridized carbons (Fsp3) is 0.133. The fourth-order valence-corrected chi connectivity index (χ4v) is 2.42. The lowest BCUT2D eigenvalue weighted by atomic mass is 10.2. The number of imidazole rings is 1. The molecule has 0 spiro atoms. The van der Waals surface area contributed by atoms with E-state index in [2.05, 4.69) is 4.98 Å². The van der Waals surface area contributed by atoms with Crippen LogP contribution in [-0.4, -0.2) is 9.55 Å². The second-order valence-corrected chi connectivity index (χ2v) is 4.83. The zero-order valence-corrected chi connectivity index (χ0v) is 11.5. The van der Waals surface area contributed by atoms with Crippen molar-refractivity contribution in [1.82, 2.24) is 9.55 Å². The minimum Gasteiger partial charge on any atom is -0.295 e. The smallest absolute Gasteiger partial charge is 0.129 e. The summed E-state index contributed by atoms with van der Waals surface area (Å²) in [5, 5.41) is 0. The summed E-state index contributed by atoms with van der Waals surface area (Å²) in [5.74, 6) is 0.154. The summed E-state index contributed by atoms with van der Waals surface area (Å²) >= 11 is 5.91. The van der Waals surface area contributed by atoms with Gasteiger partial charge in [0.1, 0.15) is 17.5 Å². The van der Waals surface area contributed by atoms with E-state index in [1.807, 2.05) is 0 Å². The highest BCUT2D eigenvalue weighted by atomic mass is 35.5. The van der Waals surface area contributed by atoms with Crippen molar-refractivity contribution in [3.05, 3.63) is 59.4 Å². The zero-order valence-electron chi connectivity index (χ0n) is 10.7. The van der Waals surface area contributed by atoms with Crippen molar-refractivity contribution in [2.24, 2.45) is 0 Å². The zero-order chi connectivity index (χ0) is 14.3. The Kier molecular flexibility index (Phi) is 3.18. The number of hydrogen-bond acceptors (Lipinski definition) is 1. The van der Waals surface area contributed by atoms with E-state index in [0.29, 0.717) is 28.1 Å². The average Bonchev–Trinajstić information content (AvgIpc) is 2.79. The number of fused-ring (bicyclic) bond motifs is 1. The molecule has 3 rings (SSSR count). The van der Waals surface area contributed by atoms with E-state index in [9.17, 15) is 8.78 Å². The van der Waals surface area contributed by atoms with Crippen LogP contribution in [0.1, 0.15) is 11.4 Å². The first kappa shape index (κ1) is 13.1. The van der Waals surface area contributed by atoms with Crippen LogP contribution < -0.4 is 0 Å². The van der Waals surface area contributed by atoms with Crippen LogP contribution in [0, 0.1) is 18.6 Å². The predicted molar refractivity (Wildman–Crippen MR) is 75.3 cm³/mol. The molecule has 0 bridgehead atoms. The molecule has 102 valence electrons. The molecule has 0 atom stereocenters. The van der Waals surface area contributed by atoms with Crippen molar-refractivity contribution in [3.8, 4) is 5.69 Å². The summed E-state index contributed by atoms with van der Waals surface area (Å²) in [6.45, 7) is 1.68. The van der Waals surface area contributed by atoms with E-state index >= 15 is 0 Å². The Labute approximate surface area is 119 Å².